The highest BCUT2D eigenvalue weighted by Crippen LogP contribution is 2.28. The summed E-state index contributed by atoms with van der Waals surface area (Å²) in [6.45, 7) is 8.99. The van der Waals surface area contributed by atoms with Gasteiger partial charge in [0.2, 0.25) is 5.91 Å². The quantitative estimate of drug-likeness (QED) is 0.591. The molecule has 178 valence electrons. The number of nitrogens with zero attached hydrogens (tertiary/aromatic N) is 6. The van der Waals surface area contributed by atoms with Crippen LogP contribution in [0.4, 0.5) is 5.69 Å². The van der Waals surface area contributed by atoms with Crippen LogP contribution in [0.2, 0.25) is 0 Å². The molecular weight excluding hydrogens is 432 g/mol. The first-order valence-corrected chi connectivity index (χ1v) is 11.2. The van der Waals surface area contributed by atoms with Gasteiger partial charge in [0, 0.05) is 43.1 Å². The Morgan fingerprint density at radius 2 is 1.85 bits per heavy atom. The second-order valence-electron chi connectivity index (χ2n) is 9.49. The molecule has 0 saturated heterocycles. The molecule has 4 rings (SSSR count). The molecule has 3 aromatic rings. The van der Waals surface area contributed by atoms with E-state index in [4.69, 9.17) is 9.84 Å². The number of rotatable bonds is 4. The van der Waals surface area contributed by atoms with Crippen molar-refractivity contribution in [2.24, 2.45) is 5.41 Å². The van der Waals surface area contributed by atoms with Crippen LogP contribution in [0.5, 0.6) is 6.01 Å². The summed E-state index contributed by atoms with van der Waals surface area (Å²) in [6.07, 6.45) is 3.80. The van der Waals surface area contributed by atoms with Crippen LogP contribution in [0.15, 0.2) is 36.7 Å². The molecule has 0 saturated carbocycles. The van der Waals surface area contributed by atoms with Gasteiger partial charge in [-0.15, -0.1) is 0 Å². The number of methoxy groups -OCH3 is 1. The zero-order valence-corrected chi connectivity index (χ0v) is 20.5. The molecule has 1 aliphatic heterocycles. The number of carbonyl (C=O) groups excluding carboxylic acids is 2. The Morgan fingerprint density at radius 1 is 1.15 bits per heavy atom. The number of carbonyl (C=O) groups is 2. The first-order chi connectivity index (χ1) is 16.1. The Bertz CT molecular complexity index is 1230. The predicted octanol–water partition coefficient (Wildman–Crippen LogP) is 3.19. The van der Waals surface area contributed by atoms with Crippen LogP contribution < -0.4 is 9.64 Å². The lowest BCUT2D eigenvalue weighted by molar-refractivity contribution is -0.140. The van der Waals surface area contributed by atoms with E-state index in [2.05, 4.69) is 9.97 Å². The summed E-state index contributed by atoms with van der Waals surface area (Å²) < 4.78 is 6.88. The van der Waals surface area contributed by atoms with Crippen molar-refractivity contribution in [2.45, 2.75) is 40.7 Å². The minimum atomic E-state index is -0.420. The summed E-state index contributed by atoms with van der Waals surface area (Å²) in [6, 6.07) is 7.64. The lowest BCUT2D eigenvalue weighted by Crippen LogP contribution is -2.42. The fraction of sp³-hybridized carbons (Fsp3) is 0.400. The van der Waals surface area contributed by atoms with Crippen molar-refractivity contribution in [2.75, 3.05) is 25.6 Å². The molecule has 0 atom stereocenters. The summed E-state index contributed by atoms with van der Waals surface area (Å²) in [5.41, 5.74) is 4.53. The number of fused-ring (bicyclic) bond motifs is 1. The molecule has 9 heteroatoms. The van der Waals surface area contributed by atoms with Gasteiger partial charge in [-0.2, -0.15) is 5.10 Å². The molecule has 0 bridgehead atoms. The van der Waals surface area contributed by atoms with Crippen LogP contribution in [-0.4, -0.2) is 57.2 Å². The van der Waals surface area contributed by atoms with Crippen molar-refractivity contribution in [3.8, 4) is 11.7 Å². The molecule has 0 fully saturated rings. The summed E-state index contributed by atoms with van der Waals surface area (Å²) in [5, 5.41) is 4.76. The molecule has 1 aromatic carbocycles. The first-order valence-electron chi connectivity index (χ1n) is 11.2. The smallest absolute Gasteiger partial charge is 0.316 e. The third-order valence-electron chi connectivity index (χ3n) is 6.01. The highest BCUT2D eigenvalue weighted by molar-refractivity contribution is 6.05. The maximum absolute atomic E-state index is 13.2. The lowest BCUT2D eigenvalue weighted by atomic mass is 9.93. The number of benzene rings is 1. The van der Waals surface area contributed by atoms with Crippen molar-refractivity contribution in [1.29, 1.82) is 0 Å². The molecule has 1 aliphatic rings. The monoisotopic (exact) mass is 462 g/mol. The molecule has 3 heterocycles. The molecule has 0 unspecified atom stereocenters. The average Bonchev–Trinajstić information content (AvgIpc) is 3.18. The zero-order chi connectivity index (χ0) is 24.6. The van der Waals surface area contributed by atoms with Gasteiger partial charge in [0.05, 0.1) is 42.3 Å². The van der Waals surface area contributed by atoms with Crippen LogP contribution in [-0.2, 0) is 17.8 Å². The maximum atomic E-state index is 13.2. The van der Waals surface area contributed by atoms with Crippen molar-refractivity contribution in [3.63, 3.8) is 0 Å². The topological polar surface area (TPSA) is 93.5 Å². The van der Waals surface area contributed by atoms with E-state index in [1.54, 1.807) is 25.5 Å². The summed E-state index contributed by atoms with van der Waals surface area (Å²) >= 11 is 0. The van der Waals surface area contributed by atoms with E-state index in [1.165, 1.54) is 12.0 Å². The van der Waals surface area contributed by atoms with E-state index in [0.717, 1.165) is 22.6 Å². The van der Waals surface area contributed by atoms with E-state index in [9.17, 15) is 9.59 Å². The number of ether oxygens (including phenoxy) is 1. The van der Waals surface area contributed by atoms with Gasteiger partial charge in [-0.05, 0) is 25.1 Å². The van der Waals surface area contributed by atoms with Gasteiger partial charge in [-0.25, -0.2) is 14.6 Å². The number of anilines is 1. The molecule has 2 amide bonds. The Morgan fingerprint density at radius 3 is 2.50 bits per heavy atom. The standard InChI is InChI=1S/C25H30N6O3/c1-16-20-15-30(23(33)25(2,3)4)11-10-21(20)31(28-16)18-9-7-8-17(12-18)22(32)29(5)19-13-26-24(34-6)27-14-19/h7-9,12-14H,10-11,15H2,1-6H3. The van der Waals surface area contributed by atoms with Crippen molar-refractivity contribution in [1.82, 2.24) is 24.6 Å². The zero-order valence-electron chi connectivity index (χ0n) is 20.5. The van der Waals surface area contributed by atoms with E-state index in [0.29, 0.717) is 30.8 Å². The van der Waals surface area contributed by atoms with Crippen molar-refractivity contribution < 1.29 is 14.3 Å². The number of aryl methyl sites for hydroxylation is 1. The van der Waals surface area contributed by atoms with Gasteiger partial charge in [-0.3, -0.25) is 9.59 Å². The highest BCUT2D eigenvalue weighted by atomic mass is 16.5. The SMILES string of the molecule is COc1ncc(N(C)C(=O)c2cccc(-n3nc(C)c4c3CCN(C(=O)C(C)(C)C)C4)c2)cn1. The Kier molecular flexibility index (Phi) is 6.12. The van der Waals surface area contributed by atoms with Gasteiger partial charge in [0.15, 0.2) is 0 Å². The lowest BCUT2D eigenvalue weighted by Gasteiger charge is -2.32. The largest absolute Gasteiger partial charge is 0.467 e. The predicted molar refractivity (Wildman–Crippen MR) is 128 cm³/mol. The molecule has 34 heavy (non-hydrogen) atoms. The van der Waals surface area contributed by atoms with Crippen LogP contribution in [0.25, 0.3) is 5.69 Å². The molecule has 0 spiro atoms. The minimum Gasteiger partial charge on any atom is -0.467 e. The van der Waals surface area contributed by atoms with E-state index in [-0.39, 0.29) is 17.8 Å². The van der Waals surface area contributed by atoms with E-state index < -0.39 is 5.41 Å². The summed E-state index contributed by atoms with van der Waals surface area (Å²) in [5.74, 6) is -0.0428. The van der Waals surface area contributed by atoms with Crippen LogP contribution in [0.1, 0.15) is 48.1 Å². The van der Waals surface area contributed by atoms with Gasteiger partial charge in [0.25, 0.3) is 5.91 Å². The second-order valence-corrected chi connectivity index (χ2v) is 9.49. The normalized spacial score (nSPS) is 13.4. The molecular formula is C25H30N6O3. The number of hydrogen-bond donors (Lipinski definition) is 0. The van der Waals surface area contributed by atoms with E-state index >= 15 is 0 Å². The Labute approximate surface area is 199 Å². The number of hydrogen-bond acceptors (Lipinski definition) is 6. The number of amides is 2. The Hall–Kier alpha value is -3.75. The van der Waals surface area contributed by atoms with Crippen LogP contribution >= 0.6 is 0 Å². The highest BCUT2D eigenvalue weighted by Gasteiger charge is 2.32. The first kappa shape index (κ1) is 23.4. The minimum absolute atomic E-state index is 0.142. The molecule has 0 radical (unpaired) electrons. The number of aromatic nitrogens is 4. The fourth-order valence-corrected chi connectivity index (χ4v) is 4.11. The maximum Gasteiger partial charge on any atom is 0.316 e. The van der Waals surface area contributed by atoms with Gasteiger partial charge >= 0.3 is 6.01 Å². The van der Waals surface area contributed by atoms with Crippen molar-refractivity contribution in [3.05, 3.63) is 59.2 Å². The van der Waals surface area contributed by atoms with Crippen molar-refractivity contribution >= 4 is 17.5 Å². The third-order valence-corrected chi connectivity index (χ3v) is 6.01. The Balaban J connectivity index is 1.60. The molecule has 2 aromatic heterocycles. The third kappa shape index (κ3) is 4.37. The summed E-state index contributed by atoms with van der Waals surface area (Å²) in [4.78, 5) is 37.5. The average molecular weight is 463 g/mol. The second kappa shape index (κ2) is 8.89. The molecule has 0 aliphatic carbocycles. The molecule has 9 nitrogen and oxygen atoms in total. The van der Waals surface area contributed by atoms with E-state index in [1.807, 2.05) is 55.5 Å². The van der Waals surface area contributed by atoms with Gasteiger partial charge in [0.1, 0.15) is 0 Å². The molecule has 0 N–H and O–H groups in total. The van der Waals surface area contributed by atoms with Gasteiger partial charge in [-0.1, -0.05) is 26.8 Å². The van der Waals surface area contributed by atoms with Gasteiger partial charge < -0.3 is 14.5 Å². The fourth-order valence-electron chi connectivity index (χ4n) is 4.11. The van der Waals surface area contributed by atoms with Crippen LogP contribution in [0, 0.1) is 12.3 Å². The van der Waals surface area contributed by atoms with Crippen LogP contribution in [0.3, 0.4) is 0 Å². The summed E-state index contributed by atoms with van der Waals surface area (Å²) in [7, 11) is 3.17.